The van der Waals surface area contributed by atoms with Crippen molar-refractivity contribution >= 4 is 11.9 Å². The van der Waals surface area contributed by atoms with Gasteiger partial charge in [0.05, 0.1) is 0 Å². The number of hydrogen-bond acceptors (Lipinski definition) is 3. The van der Waals surface area contributed by atoms with Gasteiger partial charge in [-0.1, -0.05) is 0 Å². The Morgan fingerprint density at radius 1 is 1.64 bits per heavy atom. The van der Waals surface area contributed by atoms with Crippen LogP contribution in [0.4, 0.5) is 10.6 Å². The van der Waals surface area contributed by atoms with Gasteiger partial charge in [-0.2, -0.15) is 4.79 Å². The van der Waals surface area contributed by atoms with Gasteiger partial charge in [-0.3, -0.25) is 0 Å². The second-order valence-corrected chi connectivity index (χ2v) is 2.22. The number of rotatable bonds is 0. The summed E-state index contributed by atoms with van der Waals surface area (Å²) in [6.45, 7) is 0. The smallest absolute Gasteiger partial charge is 0.374 e. The van der Waals surface area contributed by atoms with Crippen LogP contribution in [0.5, 0.6) is 5.75 Å². The average Bonchev–Trinajstić information content (AvgIpc) is 2.30. The van der Waals surface area contributed by atoms with E-state index in [1.807, 2.05) is 0 Å². The zero-order valence-corrected chi connectivity index (χ0v) is 5.70. The molecule has 4 heteroatoms. The molecule has 1 atom stereocenters. The first-order valence-corrected chi connectivity index (χ1v) is 3.15. The molecular formula is C7H6N2O2. The fourth-order valence-electron chi connectivity index (χ4n) is 0.958. The SMILES string of the molecule is [CH2-][NH+]1C(=O)Oc2cccnc21. The predicted octanol–water partition coefficient (Wildman–Crippen LogP) is -0.0980. The zero-order valence-electron chi connectivity index (χ0n) is 5.70. The van der Waals surface area contributed by atoms with E-state index in [0.717, 1.165) is 0 Å². The van der Waals surface area contributed by atoms with Crippen molar-refractivity contribution in [1.82, 2.24) is 4.98 Å². The number of ether oxygens (including phenoxy) is 1. The van der Waals surface area contributed by atoms with Gasteiger partial charge < -0.3 is 9.64 Å². The summed E-state index contributed by atoms with van der Waals surface area (Å²) in [4.78, 5) is 15.1. The molecule has 1 amide bonds. The number of aromatic nitrogens is 1. The van der Waals surface area contributed by atoms with Crippen molar-refractivity contribution in [2.24, 2.45) is 0 Å². The molecule has 0 bridgehead atoms. The second kappa shape index (κ2) is 2.03. The molecule has 1 aromatic rings. The maximum Gasteiger partial charge on any atom is 0.499 e. The van der Waals surface area contributed by atoms with Gasteiger partial charge in [-0.25, -0.2) is 4.98 Å². The minimum absolute atomic E-state index is 0.334. The van der Waals surface area contributed by atoms with Crippen LogP contribution in [0.1, 0.15) is 0 Å². The summed E-state index contributed by atoms with van der Waals surface area (Å²) < 4.78 is 4.82. The lowest BCUT2D eigenvalue weighted by Gasteiger charge is -2.02. The Bertz CT molecular complexity index is 311. The first-order chi connectivity index (χ1) is 5.29. The molecule has 56 valence electrons. The number of carbonyl (C=O) groups excluding carboxylic acids is 1. The maximum atomic E-state index is 10.9. The molecule has 0 fully saturated rings. The Kier molecular flexibility index (Phi) is 1.16. The largest absolute Gasteiger partial charge is 0.499 e. The van der Waals surface area contributed by atoms with Crippen LogP contribution in [-0.2, 0) is 0 Å². The molecule has 0 aliphatic carbocycles. The Balaban J connectivity index is 2.55. The van der Waals surface area contributed by atoms with Crippen molar-refractivity contribution < 1.29 is 14.4 Å². The van der Waals surface area contributed by atoms with Gasteiger partial charge in [0, 0.05) is 6.20 Å². The lowest BCUT2D eigenvalue weighted by molar-refractivity contribution is -0.689. The molecule has 1 unspecified atom stereocenters. The Morgan fingerprint density at radius 2 is 2.45 bits per heavy atom. The molecule has 4 nitrogen and oxygen atoms in total. The quantitative estimate of drug-likeness (QED) is 0.525. The van der Waals surface area contributed by atoms with Crippen molar-refractivity contribution in [2.45, 2.75) is 0 Å². The van der Waals surface area contributed by atoms with E-state index < -0.39 is 6.09 Å². The van der Waals surface area contributed by atoms with Crippen LogP contribution in [-0.4, -0.2) is 11.1 Å². The van der Waals surface area contributed by atoms with Crippen molar-refractivity contribution in [1.29, 1.82) is 0 Å². The minimum atomic E-state index is -0.404. The summed E-state index contributed by atoms with van der Waals surface area (Å²) in [5.41, 5.74) is 0. The third-order valence-electron chi connectivity index (χ3n) is 1.51. The van der Waals surface area contributed by atoms with E-state index >= 15 is 0 Å². The van der Waals surface area contributed by atoms with Gasteiger partial charge in [0.2, 0.25) is 5.75 Å². The van der Waals surface area contributed by atoms with Gasteiger partial charge in [0.15, 0.2) is 0 Å². The number of nitrogens with zero attached hydrogens (tertiary/aromatic N) is 1. The molecule has 2 heterocycles. The van der Waals surface area contributed by atoms with E-state index in [-0.39, 0.29) is 0 Å². The van der Waals surface area contributed by atoms with E-state index in [9.17, 15) is 4.79 Å². The minimum Gasteiger partial charge on any atom is -0.374 e. The van der Waals surface area contributed by atoms with E-state index in [4.69, 9.17) is 4.74 Å². The van der Waals surface area contributed by atoms with Gasteiger partial charge in [0.25, 0.3) is 5.82 Å². The second-order valence-electron chi connectivity index (χ2n) is 2.22. The number of pyridine rings is 1. The molecule has 2 rings (SSSR count). The molecule has 0 saturated carbocycles. The van der Waals surface area contributed by atoms with Crippen LogP contribution in [0.3, 0.4) is 0 Å². The zero-order chi connectivity index (χ0) is 7.84. The molecule has 1 aliphatic rings. The number of hydrogen-bond donors (Lipinski definition) is 1. The number of amides is 1. The summed E-state index contributed by atoms with van der Waals surface area (Å²) in [5.74, 6) is 1.06. The van der Waals surface area contributed by atoms with Gasteiger partial charge >= 0.3 is 6.09 Å². The van der Waals surface area contributed by atoms with Crippen LogP contribution >= 0.6 is 0 Å². The first kappa shape index (κ1) is 6.30. The third kappa shape index (κ3) is 0.798. The van der Waals surface area contributed by atoms with Crippen LogP contribution in [0.15, 0.2) is 18.3 Å². The first-order valence-electron chi connectivity index (χ1n) is 3.15. The fourth-order valence-corrected chi connectivity index (χ4v) is 0.958. The molecule has 1 aromatic heterocycles. The van der Waals surface area contributed by atoms with Gasteiger partial charge in [-0.15, -0.1) is 7.05 Å². The lowest BCUT2D eigenvalue weighted by Crippen LogP contribution is -3.03. The highest BCUT2D eigenvalue weighted by molar-refractivity contribution is 5.71. The highest BCUT2D eigenvalue weighted by Gasteiger charge is 2.29. The van der Waals surface area contributed by atoms with Crippen LogP contribution in [0.2, 0.25) is 0 Å². The van der Waals surface area contributed by atoms with Crippen LogP contribution in [0.25, 0.3) is 0 Å². The maximum absolute atomic E-state index is 10.9. The Hall–Kier alpha value is -1.42. The van der Waals surface area contributed by atoms with Gasteiger partial charge in [0.1, 0.15) is 0 Å². The summed E-state index contributed by atoms with van der Waals surface area (Å²) in [6.07, 6.45) is 1.20. The normalized spacial score (nSPS) is 21.2. The number of quaternary nitrogens is 1. The Morgan fingerprint density at radius 3 is 3.18 bits per heavy atom. The van der Waals surface area contributed by atoms with E-state index in [1.54, 1.807) is 18.3 Å². The van der Waals surface area contributed by atoms with Crippen molar-refractivity contribution in [3.8, 4) is 5.75 Å². The molecule has 0 spiro atoms. The molecular weight excluding hydrogens is 144 g/mol. The van der Waals surface area contributed by atoms with Crippen LogP contribution in [0, 0.1) is 7.05 Å². The predicted molar refractivity (Wildman–Crippen MR) is 36.2 cm³/mol. The molecule has 0 radical (unpaired) electrons. The molecule has 0 saturated heterocycles. The highest BCUT2D eigenvalue weighted by Crippen LogP contribution is 2.20. The van der Waals surface area contributed by atoms with E-state index in [1.165, 1.54) is 0 Å². The monoisotopic (exact) mass is 150 g/mol. The molecule has 1 N–H and O–H groups in total. The number of fused-ring (bicyclic) bond motifs is 1. The van der Waals surface area contributed by atoms with Crippen molar-refractivity contribution in [3.05, 3.63) is 25.4 Å². The van der Waals surface area contributed by atoms with Crippen molar-refractivity contribution in [2.75, 3.05) is 0 Å². The lowest BCUT2D eigenvalue weighted by atomic mass is 10.4. The fraction of sp³-hybridized carbons (Fsp3) is 0. The van der Waals surface area contributed by atoms with E-state index in [0.29, 0.717) is 16.5 Å². The van der Waals surface area contributed by atoms with Gasteiger partial charge in [-0.05, 0) is 12.1 Å². The standard InChI is InChI=1S/C7H6N2O2/c1-9-6-5(11-7(9)10)3-2-4-8-6/h2-4,9H,1H2. The summed E-state index contributed by atoms with van der Waals surface area (Å²) in [7, 11) is 3.54. The highest BCUT2D eigenvalue weighted by atomic mass is 16.6. The summed E-state index contributed by atoms with van der Waals surface area (Å²) in [6, 6.07) is 3.41. The average molecular weight is 150 g/mol. The summed E-state index contributed by atoms with van der Waals surface area (Å²) in [5, 5.41) is 0. The summed E-state index contributed by atoms with van der Waals surface area (Å²) >= 11 is 0. The van der Waals surface area contributed by atoms with Crippen LogP contribution < -0.4 is 9.64 Å². The molecule has 0 aromatic carbocycles. The Labute approximate surface area is 63.4 Å². The number of nitrogens with one attached hydrogen (secondary N) is 1. The third-order valence-corrected chi connectivity index (χ3v) is 1.51. The van der Waals surface area contributed by atoms with E-state index in [2.05, 4.69) is 12.0 Å². The number of carbonyl (C=O) groups is 1. The molecule has 11 heavy (non-hydrogen) atoms. The topological polar surface area (TPSA) is 43.6 Å². The molecule has 1 aliphatic heterocycles. The van der Waals surface area contributed by atoms with Crippen molar-refractivity contribution in [3.63, 3.8) is 0 Å².